The zero-order valence-corrected chi connectivity index (χ0v) is 11.7. The summed E-state index contributed by atoms with van der Waals surface area (Å²) in [5, 5.41) is 8.60. The Morgan fingerprint density at radius 2 is 1.95 bits per heavy atom. The van der Waals surface area contributed by atoms with E-state index in [1.54, 1.807) is 0 Å². The third kappa shape index (κ3) is 2.74. The van der Waals surface area contributed by atoms with Crippen molar-refractivity contribution in [3.8, 4) is 4.90 Å². The van der Waals surface area contributed by atoms with Crippen LogP contribution >= 0.6 is 33.9 Å². The first-order chi connectivity index (χ1) is 9.21. The molecular formula is C11H5Cl2F3NO2S+. The molecule has 0 aliphatic heterocycles. The van der Waals surface area contributed by atoms with Crippen LogP contribution in [0.15, 0.2) is 24.3 Å². The summed E-state index contributed by atoms with van der Waals surface area (Å²) in [5.74, 6) is -1.37. The third-order valence-electron chi connectivity index (χ3n) is 2.32. The molecule has 0 aliphatic rings. The Bertz CT molecular complexity index is 685. The second kappa shape index (κ2) is 5.23. The Morgan fingerprint density at radius 3 is 2.50 bits per heavy atom. The van der Waals surface area contributed by atoms with Crippen LogP contribution in [0, 0.1) is 0 Å². The molecule has 0 radical (unpaired) electrons. The van der Waals surface area contributed by atoms with Gasteiger partial charge < -0.3 is 5.11 Å². The third-order valence-corrected chi connectivity index (χ3v) is 5.11. The molecule has 0 fully saturated rings. The molecule has 0 aliphatic carbocycles. The van der Waals surface area contributed by atoms with E-state index in [1.165, 1.54) is 12.1 Å². The number of carboxylic acid groups (broad SMARTS) is 1. The fraction of sp³-hybridized carbons (Fsp3) is 0.0909. The van der Waals surface area contributed by atoms with Crippen LogP contribution in [-0.4, -0.2) is 15.4 Å². The molecule has 2 rings (SSSR count). The van der Waals surface area contributed by atoms with Crippen molar-refractivity contribution in [3.05, 3.63) is 44.9 Å². The van der Waals surface area contributed by atoms with Crippen molar-refractivity contribution in [2.45, 2.75) is 6.18 Å². The molecule has 0 bridgehead atoms. The van der Waals surface area contributed by atoms with E-state index in [0.29, 0.717) is 0 Å². The highest BCUT2D eigenvalue weighted by atomic mass is 35.5. The summed E-state index contributed by atoms with van der Waals surface area (Å²) in [6.45, 7) is 0. The number of aromatic carboxylic acids is 1. The van der Waals surface area contributed by atoms with E-state index in [4.69, 9.17) is 28.3 Å². The van der Waals surface area contributed by atoms with Gasteiger partial charge in [-0.05, 0) is 10.4 Å². The fourth-order valence-electron chi connectivity index (χ4n) is 1.48. The molecule has 1 atom stereocenters. The number of aromatic nitrogens is 1. The molecule has 1 heterocycles. The van der Waals surface area contributed by atoms with Gasteiger partial charge in [0.1, 0.15) is 10.7 Å². The number of carboxylic acids is 1. The first-order valence-electron chi connectivity index (χ1n) is 5.01. The molecule has 1 aromatic carbocycles. The lowest BCUT2D eigenvalue weighted by Gasteiger charge is -2.04. The molecule has 0 amide bonds. The average Bonchev–Trinajstić information content (AvgIpc) is 2.65. The highest BCUT2D eigenvalue weighted by molar-refractivity contribution is 7.37. The van der Waals surface area contributed by atoms with Gasteiger partial charge in [0.2, 0.25) is 10.0 Å². The molecule has 0 spiro atoms. The van der Waals surface area contributed by atoms with Crippen molar-refractivity contribution >= 4 is 39.8 Å². The predicted octanol–water partition coefficient (Wildman–Crippen LogP) is 4.84. The second-order valence-corrected chi connectivity index (χ2v) is 6.01. The topological polar surface area (TPSA) is 50.2 Å². The van der Waals surface area contributed by atoms with Crippen molar-refractivity contribution < 1.29 is 23.1 Å². The number of hydrogen-bond donors (Lipinski definition) is 1. The molecule has 2 aromatic rings. The summed E-state index contributed by atoms with van der Waals surface area (Å²) >= 11 is 11.4. The van der Waals surface area contributed by atoms with Gasteiger partial charge in [0.25, 0.3) is 0 Å². The number of carbonyl (C=O) groups is 1. The predicted molar refractivity (Wildman–Crippen MR) is 70.0 cm³/mol. The number of rotatable bonds is 2. The van der Waals surface area contributed by atoms with Gasteiger partial charge in [0.05, 0.1) is 5.56 Å². The Labute approximate surface area is 123 Å². The number of alkyl halides is 3. The standard InChI is InChI=1S/C11H4Cl2F3NO2S/c12-7-8(10(18)19)20(17-9(7)13)6-3-1-2-5(4-6)11(14,15)16/h1-4H/p+1. The smallest absolute Gasteiger partial charge is 0.416 e. The van der Waals surface area contributed by atoms with Gasteiger partial charge in [0, 0.05) is 12.1 Å². The van der Waals surface area contributed by atoms with E-state index < -0.39 is 28.4 Å². The molecular weight excluding hydrogens is 338 g/mol. The zero-order valence-electron chi connectivity index (χ0n) is 9.41. The van der Waals surface area contributed by atoms with Crippen molar-refractivity contribution in [2.75, 3.05) is 0 Å². The first-order valence-corrected chi connectivity index (χ1v) is 6.95. The maximum Gasteiger partial charge on any atom is 0.416 e. The zero-order chi connectivity index (χ0) is 15.1. The van der Waals surface area contributed by atoms with E-state index in [1.807, 2.05) is 0 Å². The van der Waals surface area contributed by atoms with E-state index >= 15 is 0 Å². The van der Waals surface area contributed by atoms with Gasteiger partial charge in [-0.15, -0.1) is 0 Å². The van der Waals surface area contributed by atoms with Gasteiger partial charge in [0.15, 0.2) is 5.02 Å². The minimum Gasteiger partial charge on any atom is -0.474 e. The normalized spacial score (nSPS) is 12.6. The molecule has 20 heavy (non-hydrogen) atoms. The Hall–Kier alpha value is -1.31. The van der Waals surface area contributed by atoms with Crippen LogP contribution in [-0.2, 0) is 6.18 Å². The molecule has 106 valence electrons. The lowest BCUT2D eigenvalue weighted by molar-refractivity contribution is -0.137. The lowest BCUT2D eigenvalue weighted by atomic mass is 10.2. The fourth-order valence-corrected chi connectivity index (χ4v) is 3.80. The van der Waals surface area contributed by atoms with Crippen LogP contribution in [0.1, 0.15) is 15.2 Å². The van der Waals surface area contributed by atoms with E-state index in [0.717, 1.165) is 12.1 Å². The van der Waals surface area contributed by atoms with Crippen LogP contribution in [0.5, 0.6) is 0 Å². The maximum absolute atomic E-state index is 12.7. The van der Waals surface area contributed by atoms with Gasteiger partial charge in [-0.3, -0.25) is 0 Å². The Morgan fingerprint density at radius 1 is 1.30 bits per heavy atom. The molecule has 3 nitrogen and oxygen atoms in total. The maximum atomic E-state index is 12.7. The number of benzene rings is 1. The van der Waals surface area contributed by atoms with E-state index in [2.05, 4.69) is 4.37 Å². The van der Waals surface area contributed by atoms with Crippen molar-refractivity contribution in [3.63, 3.8) is 0 Å². The van der Waals surface area contributed by atoms with Crippen molar-refractivity contribution in [2.24, 2.45) is 0 Å². The Balaban J connectivity index is 2.64. The van der Waals surface area contributed by atoms with Crippen LogP contribution in [0.4, 0.5) is 13.2 Å². The second-order valence-electron chi connectivity index (χ2n) is 3.64. The SMILES string of the molecule is O=C(O)c1c(Cl)c(Cl)n[s+]1-c1cccc(C(F)(F)F)c1. The van der Waals surface area contributed by atoms with Crippen LogP contribution in [0.25, 0.3) is 4.90 Å². The summed E-state index contributed by atoms with van der Waals surface area (Å²) in [6.07, 6.45) is -4.52. The Kier molecular flexibility index (Phi) is 3.95. The summed E-state index contributed by atoms with van der Waals surface area (Å²) < 4.78 is 41.8. The van der Waals surface area contributed by atoms with Crippen LogP contribution < -0.4 is 0 Å². The number of hydrogen-bond acceptors (Lipinski definition) is 2. The van der Waals surface area contributed by atoms with Crippen LogP contribution in [0.2, 0.25) is 10.2 Å². The number of halogens is 5. The molecule has 0 saturated heterocycles. The largest absolute Gasteiger partial charge is 0.474 e. The molecule has 1 unspecified atom stereocenters. The minimum absolute atomic E-state index is 0.0889. The highest BCUT2D eigenvalue weighted by Crippen LogP contribution is 2.43. The van der Waals surface area contributed by atoms with E-state index in [-0.39, 0.29) is 19.9 Å². The average molecular weight is 343 g/mol. The summed E-state index contributed by atoms with van der Waals surface area (Å²) in [7, 11) is -1.46. The first kappa shape index (κ1) is 15.1. The van der Waals surface area contributed by atoms with Crippen LogP contribution in [0.3, 0.4) is 0 Å². The van der Waals surface area contributed by atoms with Gasteiger partial charge in [-0.1, -0.05) is 29.3 Å². The summed E-state index contributed by atoms with van der Waals surface area (Å²) in [6, 6.07) is 4.26. The van der Waals surface area contributed by atoms with Gasteiger partial charge in [-0.25, -0.2) is 4.79 Å². The van der Waals surface area contributed by atoms with Crippen molar-refractivity contribution in [1.29, 1.82) is 0 Å². The van der Waals surface area contributed by atoms with Gasteiger partial charge in [-0.2, -0.15) is 13.2 Å². The van der Waals surface area contributed by atoms with Gasteiger partial charge >= 0.3 is 17.0 Å². The monoisotopic (exact) mass is 342 g/mol. The number of nitrogens with zero attached hydrogens (tertiary/aromatic N) is 1. The summed E-state index contributed by atoms with van der Waals surface area (Å²) in [4.78, 5) is 10.9. The van der Waals surface area contributed by atoms with Crippen molar-refractivity contribution in [1.82, 2.24) is 4.37 Å². The van der Waals surface area contributed by atoms with E-state index in [9.17, 15) is 18.0 Å². The molecule has 9 heteroatoms. The lowest BCUT2D eigenvalue weighted by Crippen LogP contribution is -2.04. The molecule has 1 aromatic heterocycles. The minimum atomic E-state index is -4.52. The summed E-state index contributed by atoms with van der Waals surface area (Å²) in [5.41, 5.74) is -0.887. The molecule has 0 saturated carbocycles. The molecule has 1 N–H and O–H groups in total. The highest BCUT2D eigenvalue weighted by Gasteiger charge is 2.36. The quantitative estimate of drug-likeness (QED) is 0.794.